The molecule has 4 heteroatoms. The third-order valence-corrected chi connectivity index (χ3v) is 7.74. The summed E-state index contributed by atoms with van der Waals surface area (Å²) in [4.78, 5) is 0. The SMILES string of the molecule is C=C(C)C1CCCC([Si](OCCC)(OCCC)OCCC)C1. The fraction of sp³-hybridized carbons (Fsp3) is 0.889. The normalized spacial score (nSPS) is 22.7. The largest absolute Gasteiger partial charge is 0.504 e. The molecule has 0 spiro atoms. The maximum absolute atomic E-state index is 6.32. The van der Waals surface area contributed by atoms with Gasteiger partial charge in [-0.25, -0.2) is 0 Å². The smallest absolute Gasteiger partial charge is 0.373 e. The van der Waals surface area contributed by atoms with Crippen molar-refractivity contribution in [3.8, 4) is 0 Å². The highest BCUT2D eigenvalue weighted by Gasteiger charge is 2.50. The summed E-state index contributed by atoms with van der Waals surface area (Å²) in [6, 6.07) is 0. The third kappa shape index (κ3) is 5.80. The fourth-order valence-electron chi connectivity index (χ4n) is 3.17. The van der Waals surface area contributed by atoms with E-state index in [9.17, 15) is 0 Å². The average molecular weight is 329 g/mol. The van der Waals surface area contributed by atoms with E-state index in [1.165, 1.54) is 24.8 Å². The van der Waals surface area contributed by atoms with Crippen LogP contribution in [0.3, 0.4) is 0 Å². The highest BCUT2D eigenvalue weighted by molar-refractivity contribution is 6.62. The van der Waals surface area contributed by atoms with Crippen LogP contribution >= 0.6 is 0 Å². The number of hydrogen-bond donors (Lipinski definition) is 0. The monoisotopic (exact) mass is 328 g/mol. The lowest BCUT2D eigenvalue weighted by Crippen LogP contribution is -2.52. The van der Waals surface area contributed by atoms with Crippen LogP contribution in [0.25, 0.3) is 0 Å². The van der Waals surface area contributed by atoms with Crippen LogP contribution in [0.4, 0.5) is 0 Å². The Hall–Kier alpha value is -0.163. The van der Waals surface area contributed by atoms with Crippen molar-refractivity contribution in [2.75, 3.05) is 19.8 Å². The molecule has 1 aliphatic carbocycles. The van der Waals surface area contributed by atoms with Gasteiger partial charge < -0.3 is 13.3 Å². The Morgan fingerprint density at radius 3 is 1.86 bits per heavy atom. The highest BCUT2D eigenvalue weighted by Crippen LogP contribution is 2.43. The molecule has 3 nitrogen and oxygen atoms in total. The fourth-order valence-corrected chi connectivity index (χ4v) is 6.72. The van der Waals surface area contributed by atoms with Gasteiger partial charge >= 0.3 is 8.80 Å². The number of hydrogen-bond acceptors (Lipinski definition) is 3. The van der Waals surface area contributed by atoms with Crippen molar-refractivity contribution in [1.82, 2.24) is 0 Å². The lowest BCUT2D eigenvalue weighted by Gasteiger charge is -2.40. The second-order valence-corrected chi connectivity index (χ2v) is 9.45. The van der Waals surface area contributed by atoms with Crippen LogP contribution in [-0.2, 0) is 13.3 Å². The van der Waals surface area contributed by atoms with Gasteiger partial charge in [0.05, 0.1) is 0 Å². The first-order valence-electron chi connectivity index (χ1n) is 9.16. The zero-order chi connectivity index (χ0) is 16.4. The molecule has 1 rings (SSSR count). The maximum atomic E-state index is 6.32. The predicted octanol–water partition coefficient (Wildman–Crippen LogP) is 5.34. The van der Waals surface area contributed by atoms with Gasteiger partial charge in [0.2, 0.25) is 0 Å². The van der Waals surface area contributed by atoms with Gasteiger partial charge in [-0.1, -0.05) is 39.3 Å². The van der Waals surface area contributed by atoms with E-state index in [0.717, 1.165) is 45.5 Å². The van der Waals surface area contributed by atoms with Crippen LogP contribution in [0, 0.1) is 5.92 Å². The van der Waals surface area contributed by atoms with E-state index in [4.69, 9.17) is 13.3 Å². The van der Waals surface area contributed by atoms with Crippen molar-refractivity contribution >= 4 is 8.80 Å². The molecule has 0 N–H and O–H groups in total. The van der Waals surface area contributed by atoms with Crippen LogP contribution in [0.15, 0.2) is 12.2 Å². The minimum atomic E-state index is -2.59. The molecule has 0 amide bonds. The lowest BCUT2D eigenvalue weighted by atomic mass is 9.85. The minimum absolute atomic E-state index is 0.438. The van der Waals surface area contributed by atoms with Crippen LogP contribution in [0.5, 0.6) is 0 Å². The Morgan fingerprint density at radius 1 is 0.955 bits per heavy atom. The van der Waals surface area contributed by atoms with Crippen molar-refractivity contribution in [1.29, 1.82) is 0 Å². The maximum Gasteiger partial charge on any atom is 0.504 e. The minimum Gasteiger partial charge on any atom is -0.373 e. The molecular formula is C18H36O3Si. The predicted molar refractivity (Wildman–Crippen MR) is 95.0 cm³/mol. The summed E-state index contributed by atoms with van der Waals surface area (Å²) in [5, 5.41) is 0. The molecule has 0 heterocycles. The first-order valence-corrected chi connectivity index (χ1v) is 11.0. The van der Waals surface area contributed by atoms with Crippen LogP contribution in [0.2, 0.25) is 5.54 Å². The van der Waals surface area contributed by atoms with Crippen LogP contribution in [0.1, 0.15) is 72.6 Å². The molecule has 0 radical (unpaired) electrons. The molecule has 1 saturated carbocycles. The van der Waals surface area contributed by atoms with Gasteiger partial charge in [-0.15, -0.1) is 0 Å². The van der Waals surface area contributed by atoms with Gasteiger partial charge in [0, 0.05) is 25.4 Å². The molecule has 22 heavy (non-hydrogen) atoms. The molecule has 130 valence electrons. The Labute approximate surface area is 138 Å². The molecule has 0 bridgehead atoms. The van der Waals surface area contributed by atoms with Gasteiger partial charge in [-0.05, 0) is 51.4 Å². The van der Waals surface area contributed by atoms with Gasteiger partial charge in [0.25, 0.3) is 0 Å². The van der Waals surface area contributed by atoms with E-state index in [1.54, 1.807) is 0 Å². The molecule has 0 saturated heterocycles. The Morgan fingerprint density at radius 2 is 1.45 bits per heavy atom. The molecule has 2 unspecified atom stereocenters. The summed E-state index contributed by atoms with van der Waals surface area (Å²) < 4.78 is 18.9. The molecular weight excluding hydrogens is 292 g/mol. The molecule has 0 aromatic carbocycles. The standard InChI is InChI=1S/C18H36O3Si/c1-6-12-19-22(20-13-7-2,21-14-8-3)18-11-9-10-17(15-18)16(4)5/h17-18H,4,6-15H2,1-3,5H3. The summed E-state index contributed by atoms with van der Waals surface area (Å²) in [6.07, 6.45) is 7.82. The van der Waals surface area contributed by atoms with Gasteiger partial charge in [0.15, 0.2) is 0 Å². The van der Waals surface area contributed by atoms with Crippen LogP contribution < -0.4 is 0 Å². The molecule has 0 aliphatic heterocycles. The third-order valence-electron chi connectivity index (χ3n) is 4.39. The average Bonchev–Trinajstić information content (AvgIpc) is 2.54. The van der Waals surface area contributed by atoms with E-state index in [2.05, 4.69) is 34.3 Å². The Kier molecular flexibility index (Phi) is 9.56. The van der Waals surface area contributed by atoms with Gasteiger partial charge in [0.1, 0.15) is 0 Å². The van der Waals surface area contributed by atoms with Crippen LogP contribution in [-0.4, -0.2) is 28.6 Å². The van der Waals surface area contributed by atoms with E-state index in [1.807, 2.05) is 0 Å². The molecule has 1 aliphatic rings. The van der Waals surface area contributed by atoms with Gasteiger partial charge in [-0.2, -0.15) is 0 Å². The van der Waals surface area contributed by atoms with Crippen molar-refractivity contribution in [2.24, 2.45) is 5.92 Å². The zero-order valence-corrected chi connectivity index (χ0v) is 16.2. The van der Waals surface area contributed by atoms with Crippen molar-refractivity contribution in [2.45, 2.75) is 78.2 Å². The summed E-state index contributed by atoms with van der Waals surface area (Å²) in [6.45, 7) is 15.0. The van der Waals surface area contributed by atoms with E-state index in [0.29, 0.717) is 11.5 Å². The van der Waals surface area contributed by atoms with E-state index < -0.39 is 8.80 Å². The van der Waals surface area contributed by atoms with Crippen molar-refractivity contribution in [3.05, 3.63) is 12.2 Å². The topological polar surface area (TPSA) is 27.7 Å². The highest BCUT2D eigenvalue weighted by atomic mass is 28.4. The van der Waals surface area contributed by atoms with Gasteiger partial charge in [-0.3, -0.25) is 0 Å². The first kappa shape index (κ1) is 19.9. The van der Waals surface area contributed by atoms with Crippen molar-refractivity contribution < 1.29 is 13.3 Å². The molecule has 0 aromatic rings. The molecule has 1 fully saturated rings. The number of rotatable bonds is 11. The summed E-state index contributed by atoms with van der Waals surface area (Å²) in [5.41, 5.74) is 1.74. The first-order chi connectivity index (χ1) is 10.6. The summed E-state index contributed by atoms with van der Waals surface area (Å²) >= 11 is 0. The Bertz CT molecular complexity index is 298. The summed E-state index contributed by atoms with van der Waals surface area (Å²) in [5.74, 6) is 0.603. The molecule has 0 aromatic heterocycles. The van der Waals surface area contributed by atoms with E-state index in [-0.39, 0.29) is 0 Å². The number of allylic oxidation sites excluding steroid dienone is 1. The van der Waals surface area contributed by atoms with Crippen molar-refractivity contribution in [3.63, 3.8) is 0 Å². The lowest BCUT2D eigenvalue weighted by molar-refractivity contribution is 0.0430. The second-order valence-electron chi connectivity index (χ2n) is 6.56. The quantitative estimate of drug-likeness (QED) is 0.378. The second kappa shape index (κ2) is 10.6. The summed E-state index contributed by atoms with van der Waals surface area (Å²) in [7, 11) is -2.59. The Balaban J connectivity index is 2.89. The zero-order valence-electron chi connectivity index (χ0n) is 15.2. The van der Waals surface area contributed by atoms with E-state index >= 15 is 0 Å². The molecule has 2 atom stereocenters.